The monoisotopic (exact) mass is 234 g/mol. The molecule has 1 amide bonds. The van der Waals surface area contributed by atoms with Crippen molar-refractivity contribution in [2.75, 3.05) is 30.4 Å². The van der Waals surface area contributed by atoms with E-state index in [9.17, 15) is 9.90 Å². The second kappa shape index (κ2) is 4.37. The third-order valence-corrected chi connectivity index (χ3v) is 3.09. The minimum atomic E-state index is -0.536. The Morgan fingerprint density at radius 2 is 2.12 bits per heavy atom. The van der Waals surface area contributed by atoms with Crippen LogP contribution in [0.4, 0.5) is 11.4 Å². The summed E-state index contributed by atoms with van der Waals surface area (Å²) in [5.41, 5.74) is 3.13. The normalized spacial score (nSPS) is 19.9. The Hall–Kier alpha value is -1.55. The SMILES string of the molecule is Cc1ccc(N2CC(O)CC2=O)cc1N(C)C. The number of aliphatic hydroxyl groups excluding tert-OH is 1. The van der Waals surface area contributed by atoms with Gasteiger partial charge in [-0.05, 0) is 24.6 Å². The number of amides is 1. The Morgan fingerprint density at radius 1 is 1.41 bits per heavy atom. The number of aryl methyl sites for hydroxylation is 1. The van der Waals surface area contributed by atoms with Gasteiger partial charge >= 0.3 is 0 Å². The third-order valence-electron chi connectivity index (χ3n) is 3.09. The molecule has 1 aromatic carbocycles. The van der Waals surface area contributed by atoms with Gasteiger partial charge < -0.3 is 14.9 Å². The van der Waals surface area contributed by atoms with Gasteiger partial charge in [-0.15, -0.1) is 0 Å². The molecule has 17 heavy (non-hydrogen) atoms. The molecule has 1 heterocycles. The van der Waals surface area contributed by atoms with Crippen molar-refractivity contribution in [2.24, 2.45) is 0 Å². The maximum Gasteiger partial charge on any atom is 0.229 e. The van der Waals surface area contributed by atoms with Crippen molar-refractivity contribution in [2.45, 2.75) is 19.4 Å². The van der Waals surface area contributed by atoms with E-state index in [1.807, 2.05) is 44.1 Å². The first kappa shape index (κ1) is 11.9. The van der Waals surface area contributed by atoms with E-state index in [1.54, 1.807) is 4.90 Å². The van der Waals surface area contributed by atoms with E-state index in [1.165, 1.54) is 5.56 Å². The number of hydrogen-bond acceptors (Lipinski definition) is 3. The maximum absolute atomic E-state index is 11.7. The average Bonchev–Trinajstić information content (AvgIpc) is 2.58. The number of benzene rings is 1. The largest absolute Gasteiger partial charge is 0.391 e. The summed E-state index contributed by atoms with van der Waals surface area (Å²) in [5, 5.41) is 9.49. The van der Waals surface area contributed by atoms with Gasteiger partial charge in [0.05, 0.1) is 19.1 Å². The van der Waals surface area contributed by atoms with E-state index < -0.39 is 6.10 Å². The minimum absolute atomic E-state index is 0.00828. The predicted octanol–water partition coefficient (Wildman–Crippen LogP) is 1.16. The fourth-order valence-electron chi connectivity index (χ4n) is 2.19. The summed E-state index contributed by atoms with van der Waals surface area (Å²) in [5.74, 6) is -0.00828. The summed E-state index contributed by atoms with van der Waals surface area (Å²) in [6.07, 6.45) is -0.308. The topological polar surface area (TPSA) is 43.8 Å². The smallest absolute Gasteiger partial charge is 0.229 e. The summed E-state index contributed by atoms with van der Waals surface area (Å²) in [4.78, 5) is 15.4. The molecule has 0 saturated carbocycles. The van der Waals surface area contributed by atoms with Gasteiger partial charge in [0.2, 0.25) is 5.91 Å². The molecule has 0 spiro atoms. The lowest BCUT2D eigenvalue weighted by molar-refractivity contribution is -0.117. The molecule has 1 aromatic rings. The Balaban J connectivity index is 2.34. The highest BCUT2D eigenvalue weighted by Gasteiger charge is 2.29. The van der Waals surface area contributed by atoms with Gasteiger partial charge in [-0.2, -0.15) is 0 Å². The number of rotatable bonds is 2. The van der Waals surface area contributed by atoms with Crippen LogP contribution in [-0.2, 0) is 4.79 Å². The van der Waals surface area contributed by atoms with Crippen LogP contribution in [-0.4, -0.2) is 37.8 Å². The van der Waals surface area contributed by atoms with Crippen LogP contribution in [0.25, 0.3) is 0 Å². The van der Waals surface area contributed by atoms with Gasteiger partial charge in [-0.1, -0.05) is 6.07 Å². The van der Waals surface area contributed by atoms with Crippen molar-refractivity contribution in [1.29, 1.82) is 0 Å². The molecular weight excluding hydrogens is 216 g/mol. The molecule has 0 aromatic heterocycles. The summed E-state index contributed by atoms with van der Waals surface area (Å²) < 4.78 is 0. The molecule has 1 N–H and O–H groups in total. The van der Waals surface area contributed by atoms with Crippen LogP contribution < -0.4 is 9.80 Å². The molecule has 4 heteroatoms. The van der Waals surface area contributed by atoms with Crippen molar-refractivity contribution in [3.05, 3.63) is 23.8 Å². The van der Waals surface area contributed by atoms with Crippen LogP contribution in [0, 0.1) is 6.92 Å². The van der Waals surface area contributed by atoms with E-state index in [4.69, 9.17) is 0 Å². The molecule has 4 nitrogen and oxygen atoms in total. The first-order chi connectivity index (χ1) is 7.99. The summed E-state index contributed by atoms with van der Waals surface area (Å²) in [6, 6.07) is 5.92. The molecule has 2 rings (SSSR count). The number of hydrogen-bond donors (Lipinski definition) is 1. The number of anilines is 2. The Kier molecular flexibility index (Phi) is 3.07. The molecule has 0 bridgehead atoms. The van der Waals surface area contributed by atoms with Gasteiger partial charge in [0.25, 0.3) is 0 Å². The number of β-amino-alcohol motifs (C(OH)–C–C–N with tert-alkyl or cyclic N) is 1. The van der Waals surface area contributed by atoms with E-state index in [0.29, 0.717) is 6.54 Å². The lowest BCUT2D eigenvalue weighted by Crippen LogP contribution is -2.25. The van der Waals surface area contributed by atoms with Gasteiger partial charge in [0, 0.05) is 25.5 Å². The predicted molar refractivity (Wildman–Crippen MR) is 68.5 cm³/mol. The summed E-state index contributed by atoms with van der Waals surface area (Å²) in [6.45, 7) is 2.44. The average molecular weight is 234 g/mol. The lowest BCUT2D eigenvalue weighted by atomic mass is 10.1. The number of aliphatic hydroxyl groups is 1. The van der Waals surface area contributed by atoms with Crippen molar-refractivity contribution >= 4 is 17.3 Å². The van der Waals surface area contributed by atoms with E-state index in [2.05, 4.69) is 0 Å². The van der Waals surface area contributed by atoms with Gasteiger partial charge in [0.1, 0.15) is 0 Å². The van der Waals surface area contributed by atoms with Crippen molar-refractivity contribution < 1.29 is 9.90 Å². The van der Waals surface area contributed by atoms with Crippen molar-refractivity contribution in [1.82, 2.24) is 0 Å². The van der Waals surface area contributed by atoms with Crippen LogP contribution in [0.5, 0.6) is 0 Å². The first-order valence-corrected chi connectivity index (χ1v) is 5.75. The van der Waals surface area contributed by atoms with Crippen LogP contribution in [0.15, 0.2) is 18.2 Å². The molecular formula is C13H18N2O2. The van der Waals surface area contributed by atoms with Crippen LogP contribution >= 0.6 is 0 Å². The molecule has 1 atom stereocenters. The molecule has 0 radical (unpaired) electrons. The fraction of sp³-hybridized carbons (Fsp3) is 0.462. The molecule has 1 aliphatic rings. The summed E-state index contributed by atoms with van der Waals surface area (Å²) >= 11 is 0. The maximum atomic E-state index is 11.7. The van der Waals surface area contributed by atoms with Crippen LogP contribution in [0.1, 0.15) is 12.0 Å². The Morgan fingerprint density at radius 3 is 2.65 bits per heavy atom. The molecule has 1 aliphatic heterocycles. The second-order valence-electron chi connectivity index (χ2n) is 4.73. The minimum Gasteiger partial charge on any atom is -0.391 e. The Labute approximate surface area is 101 Å². The van der Waals surface area contributed by atoms with Gasteiger partial charge in [-0.3, -0.25) is 4.79 Å². The van der Waals surface area contributed by atoms with Gasteiger partial charge in [0.15, 0.2) is 0 Å². The molecule has 0 aliphatic carbocycles. The first-order valence-electron chi connectivity index (χ1n) is 5.75. The zero-order valence-corrected chi connectivity index (χ0v) is 10.5. The zero-order valence-electron chi connectivity index (χ0n) is 10.5. The highest BCUT2D eigenvalue weighted by molar-refractivity contribution is 5.96. The van der Waals surface area contributed by atoms with Crippen molar-refractivity contribution in [3.8, 4) is 0 Å². The highest BCUT2D eigenvalue weighted by Crippen LogP contribution is 2.28. The van der Waals surface area contributed by atoms with E-state index in [0.717, 1.165) is 11.4 Å². The highest BCUT2D eigenvalue weighted by atomic mass is 16.3. The quantitative estimate of drug-likeness (QED) is 0.835. The lowest BCUT2D eigenvalue weighted by Gasteiger charge is -2.21. The molecule has 92 valence electrons. The molecule has 1 unspecified atom stereocenters. The molecule has 1 fully saturated rings. The summed E-state index contributed by atoms with van der Waals surface area (Å²) in [7, 11) is 3.96. The molecule has 1 saturated heterocycles. The number of carbonyl (C=O) groups is 1. The fourth-order valence-corrected chi connectivity index (χ4v) is 2.19. The van der Waals surface area contributed by atoms with E-state index in [-0.39, 0.29) is 12.3 Å². The Bertz CT molecular complexity index is 443. The second-order valence-corrected chi connectivity index (χ2v) is 4.73. The van der Waals surface area contributed by atoms with Gasteiger partial charge in [-0.25, -0.2) is 0 Å². The zero-order chi connectivity index (χ0) is 12.6. The third kappa shape index (κ3) is 2.26. The number of carbonyl (C=O) groups excluding carboxylic acids is 1. The van der Waals surface area contributed by atoms with Crippen LogP contribution in [0.2, 0.25) is 0 Å². The van der Waals surface area contributed by atoms with E-state index >= 15 is 0 Å². The van der Waals surface area contributed by atoms with Crippen molar-refractivity contribution in [3.63, 3.8) is 0 Å². The standard InChI is InChI=1S/C13H18N2O2/c1-9-4-5-10(6-12(9)14(2)3)15-8-11(16)7-13(15)17/h4-6,11,16H,7-8H2,1-3H3. The number of nitrogens with zero attached hydrogens (tertiary/aromatic N) is 2. The van der Waals surface area contributed by atoms with Crippen LogP contribution in [0.3, 0.4) is 0 Å².